The second-order valence-corrected chi connectivity index (χ2v) is 7.88. The summed E-state index contributed by atoms with van der Waals surface area (Å²) in [4.78, 5) is 29.3. The number of nitrogens with zero attached hydrogens (tertiary/aromatic N) is 2. The van der Waals surface area contributed by atoms with Crippen LogP contribution in [0.15, 0.2) is 48.8 Å². The van der Waals surface area contributed by atoms with E-state index in [1.165, 1.54) is 0 Å². The molecule has 158 valence electrons. The average Bonchev–Trinajstić information content (AvgIpc) is 3.12. The van der Waals surface area contributed by atoms with E-state index in [4.69, 9.17) is 16.7 Å². The fraction of sp³-hybridized carbons (Fsp3) is 0.286. The van der Waals surface area contributed by atoms with Crippen molar-refractivity contribution in [3.05, 3.63) is 64.9 Å². The minimum Gasteiger partial charge on any atom is -0.394 e. The topological polar surface area (TPSA) is 116 Å². The Labute approximate surface area is 178 Å². The van der Waals surface area contributed by atoms with Gasteiger partial charge in [0.2, 0.25) is 5.91 Å². The molecule has 3 aromatic rings. The molecular weight excluding hydrogens is 408 g/mol. The lowest BCUT2D eigenvalue weighted by Gasteiger charge is -2.25. The molecule has 0 saturated carbocycles. The normalized spacial score (nSPS) is 12.6. The lowest BCUT2D eigenvalue weighted by Crippen LogP contribution is -2.43. The van der Waals surface area contributed by atoms with Crippen molar-refractivity contribution in [2.75, 3.05) is 18.5 Å². The first kappa shape index (κ1) is 21.8. The SMILES string of the molecule is CC(C)(C(=O)NCC(O)CO)c1ccc(C(=O)Nc2cn3cc(Cl)ccc3n2)cc1. The third-order valence-corrected chi connectivity index (χ3v) is 5.03. The molecule has 0 aliphatic rings. The highest BCUT2D eigenvalue weighted by Gasteiger charge is 2.30. The Morgan fingerprint density at radius 3 is 2.53 bits per heavy atom. The van der Waals surface area contributed by atoms with Crippen molar-refractivity contribution in [2.45, 2.75) is 25.4 Å². The molecule has 1 atom stereocenters. The van der Waals surface area contributed by atoms with Crippen LogP contribution in [-0.4, -0.2) is 50.7 Å². The van der Waals surface area contributed by atoms with Crippen LogP contribution in [0.2, 0.25) is 5.02 Å². The van der Waals surface area contributed by atoms with E-state index < -0.39 is 18.1 Å². The number of rotatable bonds is 7. The van der Waals surface area contributed by atoms with Gasteiger partial charge in [-0.25, -0.2) is 4.98 Å². The molecular formula is C21H23ClN4O4. The fourth-order valence-corrected chi connectivity index (χ4v) is 3.05. The third kappa shape index (κ3) is 4.79. The summed E-state index contributed by atoms with van der Waals surface area (Å²) in [5, 5.41) is 24.2. The Kier molecular flexibility index (Phi) is 6.40. The second kappa shape index (κ2) is 8.83. The molecule has 4 N–H and O–H groups in total. The minimum absolute atomic E-state index is 0.0382. The second-order valence-electron chi connectivity index (χ2n) is 7.44. The van der Waals surface area contributed by atoms with E-state index in [0.29, 0.717) is 27.6 Å². The van der Waals surface area contributed by atoms with Gasteiger partial charge < -0.3 is 25.2 Å². The van der Waals surface area contributed by atoms with Gasteiger partial charge in [-0.2, -0.15) is 0 Å². The third-order valence-electron chi connectivity index (χ3n) is 4.80. The number of aromatic nitrogens is 2. The zero-order valence-corrected chi connectivity index (χ0v) is 17.3. The molecule has 8 nitrogen and oxygen atoms in total. The van der Waals surface area contributed by atoms with Crippen LogP contribution in [-0.2, 0) is 10.2 Å². The van der Waals surface area contributed by atoms with Gasteiger partial charge >= 0.3 is 0 Å². The Balaban J connectivity index is 1.69. The molecule has 0 spiro atoms. The minimum atomic E-state index is -1.01. The van der Waals surface area contributed by atoms with Gasteiger partial charge in [0.25, 0.3) is 5.91 Å². The molecule has 2 amide bonds. The van der Waals surface area contributed by atoms with Crippen LogP contribution in [0.5, 0.6) is 0 Å². The highest BCUT2D eigenvalue weighted by atomic mass is 35.5. The van der Waals surface area contributed by atoms with Crippen LogP contribution in [0.4, 0.5) is 5.82 Å². The number of halogens is 1. The van der Waals surface area contributed by atoms with Crippen molar-refractivity contribution in [1.82, 2.24) is 14.7 Å². The number of anilines is 1. The number of carbonyl (C=O) groups is 2. The first-order valence-electron chi connectivity index (χ1n) is 9.34. The van der Waals surface area contributed by atoms with Gasteiger partial charge in [0.15, 0.2) is 5.82 Å². The summed E-state index contributed by atoms with van der Waals surface area (Å²) in [5.74, 6) is -0.228. The van der Waals surface area contributed by atoms with Gasteiger partial charge in [0, 0.05) is 18.3 Å². The van der Waals surface area contributed by atoms with E-state index in [2.05, 4.69) is 15.6 Å². The zero-order chi connectivity index (χ0) is 21.9. The zero-order valence-electron chi connectivity index (χ0n) is 16.6. The van der Waals surface area contributed by atoms with Crippen molar-refractivity contribution < 1.29 is 19.8 Å². The van der Waals surface area contributed by atoms with E-state index >= 15 is 0 Å². The smallest absolute Gasteiger partial charge is 0.256 e. The van der Waals surface area contributed by atoms with Crippen LogP contribution in [0.3, 0.4) is 0 Å². The van der Waals surface area contributed by atoms with Crippen molar-refractivity contribution in [2.24, 2.45) is 0 Å². The number of benzene rings is 1. The quantitative estimate of drug-likeness (QED) is 0.457. The molecule has 3 rings (SSSR count). The number of pyridine rings is 1. The molecule has 0 bridgehead atoms. The number of hydrogen-bond acceptors (Lipinski definition) is 5. The van der Waals surface area contributed by atoms with Crippen molar-refractivity contribution in [3.63, 3.8) is 0 Å². The van der Waals surface area contributed by atoms with Gasteiger partial charge in [-0.1, -0.05) is 23.7 Å². The van der Waals surface area contributed by atoms with Crippen LogP contribution in [0, 0.1) is 0 Å². The number of amides is 2. The summed E-state index contributed by atoms with van der Waals surface area (Å²) in [6, 6.07) is 10.2. The molecule has 2 aromatic heterocycles. The number of fused-ring (bicyclic) bond motifs is 1. The molecule has 0 aliphatic carbocycles. The van der Waals surface area contributed by atoms with Gasteiger partial charge in [0.1, 0.15) is 5.65 Å². The molecule has 30 heavy (non-hydrogen) atoms. The number of aliphatic hydroxyl groups excluding tert-OH is 2. The summed E-state index contributed by atoms with van der Waals surface area (Å²) in [5.41, 5.74) is 0.896. The largest absolute Gasteiger partial charge is 0.394 e. The van der Waals surface area contributed by atoms with E-state index in [9.17, 15) is 14.7 Å². The lowest BCUT2D eigenvalue weighted by atomic mass is 9.83. The van der Waals surface area contributed by atoms with Gasteiger partial charge in [-0.15, -0.1) is 0 Å². The summed E-state index contributed by atoms with van der Waals surface area (Å²) >= 11 is 5.96. The standard InChI is InChI=1S/C21H23ClN4O4/c1-21(2,20(30)23-9-16(28)12-27)14-5-3-13(4-6-14)19(29)25-17-11-26-10-15(22)7-8-18(26)24-17/h3-8,10-11,16,27-28H,9,12H2,1-2H3,(H,23,30)(H,25,29). The molecule has 0 radical (unpaired) electrons. The predicted molar refractivity (Wildman–Crippen MR) is 114 cm³/mol. The highest BCUT2D eigenvalue weighted by Crippen LogP contribution is 2.24. The molecule has 9 heteroatoms. The lowest BCUT2D eigenvalue weighted by molar-refractivity contribution is -0.126. The Bertz CT molecular complexity index is 1060. The van der Waals surface area contributed by atoms with E-state index in [1.807, 2.05) is 0 Å². The highest BCUT2D eigenvalue weighted by molar-refractivity contribution is 6.30. The number of hydrogen-bond donors (Lipinski definition) is 4. The van der Waals surface area contributed by atoms with Crippen LogP contribution in [0.25, 0.3) is 5.65 Å². The molecule has 0 saturated heterocycles. The summed E-state index contributed by atoms with van der Waals surface area (Å²) in [6.07, 6.45) is 2.36. The molecule has 2 heterocycles. The number of aliphatic hydroxyl groups is 2. The van der Waals surface area contributed by atoms with Crippen molar-refractivity contribution in [1.29, 1.82) is 0 Å². The maximum atomic E-state index is 12.5. The molecule has 1 unspecified atom stereocenters. The molecule has 0 aliphatic heterocycles. The summed E-state index contributed by atoms with van der Waals surface area (Å²) in [6.45, 7) is 3.02. The van der Waals surface area contributed by atoms with Crippen LogP contribution in [0.1, 0.15) is 29.8 Å². The van der Waals surface area contributed by atoms with Crippen LogP contribution >= 0.6 is 11.6 Å². The van der Waals surface area contributed by atoms with Crippen molar-refractivity contribution in [3.8, 4) is 0 Å². The Morgan fingerprint density at radius 1 is 1.17 bits per heavy atom. The maximum Gasteiger partial charge on any atom is 0.256 e. The molecule has 1 aromatic carbocycles. The van der Waals surface area contributed by atoms with E-state index in [1.54, 1.807) is 67.0 Å². The van der Waals surface area contributed by atoms with E-state index in [-0.39, 0.29) is 18.4 Å². The average molecular weight is 431 g/mol. The van der Waals surface area contributed by atoms with Gasteiger partial charge in [-0.3, -0.25) is 9.59 Å². The first-order chi connectivity index (χ1) is 14.2. The van der Waals surface area contributed by atoms with Crippen LogP contribution < -0.4 is 10.6 Å². The maximum absolute atomic E-state index is 12.5. The molecule has 0 fully saturated rings. The number of imidazole rings is 1. The van der Waals surface area contributed by atoms with Gasteiger partial charge in [-0.05, 0) is 43.7 Å². The predicted octanol–water partition coefficient (Wildman–Crippen LogP) is 1.99. The Morgan fingerprint density at radius 2 is 1.87 bits per heavy atom. The summed E-state index contributed by atoms with van der Waals surface area (Å²) in [7, 11) is 0. The fourth-order valence-electron chi connectivity index (χ4n) is 2.88. The van der Waals surface area contributed by atoms with Gasteiger partial charge in [0.05, 0.1) is 29.3 Å². The number of nitrogens with one attached hydrogen (secondary N) is 2. The Hall–Kier alpha value is -2.94. The van der Waals surface area contributed by atoms with E-state index in [0.717, 1.165) is 0 Å². The summed E-state index contributed by atoms with van der Waals surface area (Å²) < 4.78 is 1.72. The monoisotopic (exact) mass is 430 g/mol. The first-order valence-corrected chi connectivity index (χ1v) is 9.72. The number of carbonyl (C=O) groups excluding carboxylic acids is 2. The van der Waals surface area contributed by atoms with Crippen molar-refractivity contribution >= 4 is 34.9 Å².